The number of nitrogens with one attached hydrogen (secondary N) is 1. The van der Waals surface area contributed by atoms with Crippen molar-refractivity contribution in [3.8, 4) is 0 Å². The average Bonchev–Trinajstić information content (AvgIpc) is 2.02. The number of pyridine rings is 1. The van der Waals surface area contributed by atoms with Crippen molar-refractivity contribution in [2.45, 2.75) is 20.0 Å². The van der Waals surface area contributed by atoms with Crippen LogP contribution in [0.5, 0.6) is 0 Å². The van der Waals surface area contributed by atoms with Crippen LogP contribution in [0.15, 0.2) is 16.7 Å². The van der Waals surface area contributed by atoms with Crippen LogP contribution < -0.4 is 5.32 Å². The van der Waals surface area contributed by atoms with E-state index >= 15 is 0 Å². The summed E-state index contributed by atoms with van der Waals surface area (Å²) in [6, 6.07) is 1.98. The highest BCUT2D eigenvalue weighted by Crippen LogP contribution is 2.16. The molecule has 3 nitrogen and oxygen atoms in total. The molecule has 1 heterocycles. The molecule has 0 fully saturated rings. The largest absolute Gasteiger partial charge is 0.392 e. The molecule has 4 heteroatoms. The van der Waals surface area contributed by atoms with Gasteiger partial charge in [0.15, 0.2) is 0 Å². The van der Waals surface area contributed by atoms with Crippen LogP contribution in [0.3, 0.4) is 0 Å². The van der Waals surface area contributed by atoms with Gasteiger partial charge >= 0.3 is 0 Å². The second-order valence-electron chi connectivity index (χ2n) is 3.05. The van der Waals surface area contributed by atoms with Gasteiger partial charge in [-0.15, -0.1) is 0 Å². The first-order valence-electron chi connectivity index (χ1n) is 4.13. The molecule has 2 N–H and O–H groups in total. The van der Waals surface area contributed by atoms with Gasteiger partial charge in [0.05, 0.1) is 6.10 Å². The maximum Gasteiger partial charge on any atom is 0.129 e. The normalized spacial score (nSPS) is 12.6. The van der Waals surface area contributed by atoms with Crippen LogP contribution in [-0.4, -0.2) is 22.7 Å². The van der Waals surface area contributed by atoms with E-state index < -0.39 is 0 Å². The van der Waals surface area contributed by atoms with E-state index in [4.69, 9.17) is 5.11 Å². The lowest BCUT2D eigenvalue weighted by molar-refractivity contribution is 0.208. The van der Waals surface area contributed by atoms with Crippen molar-refractivity contribution in [2.75, 3.05) is 11.9 Å². The summed E-state index contributed by atoms with van der Waals surface area (Å²) in [7, 11) is 0. The number of hydrogen-bond acceptors (Lipinski definition) is 3. The third-order valence-corrected chi connectivity index (χ3v) is 2.04. The minimum atomic E-state index is -0.357. The van der Waals surface area contributed by atoms with Gasteiger partial charge in [-0.25, -0.2) is 4.98 Å². The first-order chi connectivity index (χ1) is 6.09. The Balaban J connectivity index is 2.67. The van der Waals surface area contributed by atoms with Gasteiger partial charge in [0.2, 0.25) is 0 Å². The predicted molar refractivity (Wildman–Crippen MR) is 56.8 cm³/mol. The minimum Gasteiger partial charge on any atom is -0.392 e. The van der Waals surface area contributed by atoms with Crippen LogP contribution in [0.4, 0.5) is 5.82 Å². The molecule has 0 aliphatic rings. The Kier molecular flexibility index (Phi) is 3.69. The van der Waals surface area contributed by atoms with Crippen LogP contribution in [0.25, 0.3) is 0 Å². The second kappa shape index (κ2) is 4.58. The van der Waals surface area contributed by atoms with Crippen LogP contribution in [-0.2, 0) is 0 Å². The Morgan fingerprint density at radius 2 is 2.38 bits per heavy atom. The molecule has 72 valence electrons. The Hall–Kier alpha value is -0.610. The van der Waals surface area contributed by atoms with Crippen molar-refractivity contribution in [3.05, 3.63) is 22.3 Å². The van der Waals surface area contributed by atoms with Crippen molar-refractivity contribution in [1.82, 2.24) is 4.98 Å². The molecule has 0 aliphatic carbocycles. The summed E-state index contributed by atoms with van der Waals surface area (Å²) in [5.41, 5.74) is 1.06. The monoisotopic (exact) mass is 244 g/mol. The maximum atomic E-state index is 9.06. The smallest absolute Gasteiger partial charge is 0.129 e. The zero-order valence-corrected chi connectivity index (χ0v) is 9.30. The molecule has 1 rings (SSSR count). The Bertz CT molecular complexity index is 289. The lowest BCUT2D eigenvalue weighted by Crippen LogP contribution is -2.16. The van der Waals surface area contributed by atoms with Gasteiger partial charge in [-0.3, -0.25) is 0 Å². The molecular formula is C9H13BrN2O. The maximum absolute atomic E-state index is 9.06. The zero-order valence-electron chi connectivity index (χ0n) is 7.71. The topological polar surface area (TPSA) is 45.2 Å². The van der Waals surface area contributed by atoms with Gasteiger partial charge in [-0.05, 0) is 41.4 Å². The number of rotatable bonds is 3. The number of aryl methyl sites for hydroxylation is 1. The van der Waals surface area contributed by atoms with Gasteiger partial charge < -0.3 is 10.4 Å². The lowest BCUT2D eigenvalue weighted by atomic mass is 10.3. The molecule has 0 unspecified atom stereocenters. The second-order valence-corrected chi connectivity index (χ2v) is 3.96. The summed E-state index contributed by atoms with van der Waals surface area (Å²) >= 11 is 3.34. The summed E-state index contributed by atoms with van der Waals surface area (Å²) in [5, 5.41) is 12.1. The number of aromatic nitrogens is 1. The summed E-state index contributed by atoms with van der Waals surface area (Å²) in [5.74, 6) is 0.823. The number of anilines is 1. The van der Waals surface area contributed by atoms with Crippen molar-refractivity contribution in [1.29, 1.82) is 0 Å². The van der Waals surface area contributed by atoms with Crippen molar-refractivity contribution in [3.63, 3.8) is 0 Å². The molecule has 0 aromatic carbocycles. The first kappa shape index (κ1) is 10.5. The predicted octanol–water partition coefficient (Wildman–Crippen LogP) is 1.95. The molecule has 13 heavy (non-hydrogen) atoms. The van der Waals surface area contributed by atoms with E-state index in [-0.39, 0.29) is 6.10 Å². The van der Waals surface area contributed by atoms with Crippen LogP contribution >= 0.6 is 15.9 Å². The van der Waals surface area contributed by atoms with Crippen molar-refractivity contribution >= 4 is 21.7 Å². The van der Waals surface area contributed by atoms with Gasteiger partial charge in [0.25, 0.3) is 0 Å². The van der Waals surface area contributed by atoms with E-state index in [0.717, 1.165) is 15.9 Å². The van der Waals surface area contributed by atoms with Gasteiger partial charge in [-0.2, -0.15) is 0 Å². The fraction of sp³-hybridized carbons (Fsp3) is 0.444. The summed E-state index contributed by atoms with van der Waals surface area (Å²) < 4.78 is 0.965. The van der Waals surface area contributed by atoms with Crippen LogP contribution in [0, 0.1) is 6.92 Å². The number of halogens is 1. The quantitative estimate of drug-likeness (QED) is 0.855. The van der Waals surface area contributed by atoms with Gasteiger partial charge in [0.1, 0.15) is 5.82 Å². The fourth-order valence-electron chi connectivity index (χ4n) is 0.970. The molecule has 0 aliphatic heterocycles. The molecule has 0 saturated carbocycles. The number of nitrogens with zero attached hydrogens (tertiary/aromatic N) is 1. The van der Waals surface area contributed by atoms with Gasteiger partial charge in [-0.1, -0.05) is 0 Å². The van der Waals surface area contributed by atoms with Crippen LogP contribution in [0.1, 0.15) is 12.5 Å². The summed E-state index contributed by atoms with van der Waals surface area (Å²) in [4.78, 5) is 4.18. The van der Waals surface area contributed by atoms with E-state index in [1.165, 1.54) is 0 Å². The molecule has 0 spiro atoms. The number of aliphatic hydroxyl groups excluding tert-OH is 1. The first-order valence-corrected chi connectivity index (χ1v) is 4.93. The highest BCUT2D eigenvalue weighted by atomic mass is 79.9. The molecular weight excluding hydrogens is 232 g/mol. The molecule has 0 bridgehead atoms. The van der Waals surface area contributed by atoms with Crippen molar-refractivity contribution in [2.24, 2.45) is 0 Å². The summed E-state index contributed by atoms with van der Waals surface area (Å²) in [6.45, 7) is 4.23. The molecule has 0 amide bonds. The number of aliphatic hydroxyl groups is 1. The van der Waals surface area contributed by atoms with E-state index in [0.29, 0.717) is 6.54 Å². The number of hydrogen-bond donors (Lipinski definition) is 2. The zero-order chi connectivity index (χ0) is 9.84. The Labute approximate surface area is 86.3 Å². The highest BCUT2D eigenvalue weighted by molar-refractivity contribution is 9.10. The molecule has 1 atom stereocenters. The highest BCUT2D eigenvalue weighted by Gasteiger charge is 2.01. The van der Waals surface area contributed by atoms with Crippen molar-refractivity contribution < 1.29 is 5.11 Å². The fourth-order valence-corrected chi connectivity index (χ4v) is 1.42. The molecule has 1 aromatic heterocycles. The minimum absolute atomic E-state index is 0.357. The third-order valence-electron chi connectivity index (χ3n) is 1.61. The van der Waals surface area contributed by atoms with E-state index in [9.17, 15) is 0 Å². The molecule has 0 radical (unpaired) electrons. The average molecular weight is 245 g/mol. The third kappa shape index (κ3) is 3.32. The summed E-state index contributed by atoms with van der Waals surface area (Å²) in [6.07, 6.45) is 1.38. The van der Waals surface area contributed by atoms with Crippen LogP contribution in [0.2, 0.25) is 0 Å². The van der Waals surface area contributed by atoms with E-state index in [1.807, 2.05) is 13.0 Å². The molecule has 0 saturated heterocycles. The SMILES string of the molecule is Cc1cc(Br)cnc1NC[C@H](C)O. The lowest BCUT2D eigenvalue weighted by Gasteiger charge is -2.09. The van der Waals surface area contributed by atoms with E-state index in [2.05, 4.69) is 26.2 Å². The Morgan fingerprint density at radius 1 is 1.69 bits per heavy atom. The standard InChI is InChI=1S/C9H13BrN2O/c1-6-3-8(10)5-12-9(6)11-4-7(2)13/h3,5,7,13H,4H2,1-2H3,(H,11,12)/t7-/m0/s1. The van der Waals surface area contributed by atoms with Gasteiger partial charge in [0, 0.05) is 17.2 Å². The Morgan fingerprint density at radius 3 is 2.92 bits per heavy atom. The molecule has 1 aromatic rings. The van der Waals surface area contributed by atoms with E-state index in [1.54, 1.807) is 13.1 Å².